The van der Waals surface area contributed by atoms with Gasteiger partial charge in [-0.2, -0.15) is 0 Å². The highest BCUT2D eigenvalue weighted by Crippen LogP contribution is 2.22. The Labute approximate surface area is 109 Å². The fraction of sp³-hybridized carbons (Fsp3) is 0.600. The highest BCUT2D eigenvalue weighted by molar-refractivity contribution is 5.37. The van der Waals surface area contributed by atoms with Gasteiger partial charge >= 0.3 is 0 Å². The van der Waals surface area contributed by atoms with Gasteiger partial charge in [0, 0.05) is 12.6 Å². The van der Waals surface area contributed by atoms with Gasteiger partial charge in [-0.15, -0.1) is 0 Å². The van der Waals surface area contributed by atoms with Crippen molar-refractivity contribution < 1.29 is 4.74 Å². The van der Waals surface area contributed by atoms with E-state index in [9.17, 15) is 0 Å². The Hall–Kier alpha value is -1.06. The Kier molecular flexibility index (Phi) is 3.52. The molecule has 2 aliphatic heterocycles. The third-order valence-electron chi connectivity index (χ3n) is 4.18. The molecule has 1 N–H and O–H groups in total. The topological polar surface area (TPSA) is 24.5 Å². The fourth-order valence-corrected chi connectivity index (χ4v) is 2.93. The summed E-state index contributed by atoms with van der Waals surface area (Å²) in [6, 6.07) is 7.14. The minimum atomic E-state index is 0.600. The zero-order chi connectivity index (χ0) is 12.4. The summed E-state index contributed by atoms with van der Waals surface area (Å²) in [4.78, 5) is 2.41. The molecule has 0 unspecified atom stereocenters. The summed E-state index contributed by atoms with van der Waals surface area (Å²) in [6.45, 7) is 4.13. The van der Waals surface area contributed by atoms with Crippen molar-refractivity contribution >= 4 is 0 Å². The van der Waals surface area contributed by atoms with E-state index < -0.39 is 0 Å². The van der Waals surface area contributed by atoms with Crippen molar-refractivity contribution in [2.45, 2.75) is 31.8 Å². The average molecular weight is 246 g/mol. The zero-order valence-corrected chi connectivity index (χ0v) is 11.1. The molecule has 98 valence electrons. The SMILES string of the molecule is CN1CCC[C@H]1COc1ccc2c(c1)CCNC2. The van der Waals surface area contributed by atoms with Gasteiger partial charge in [-0.25, -0.2) is 0 Å². The summed E-state index contributed by atoms with van der Waals surface area (Å²) < 4.78 is 5.96. The lowest BCUT2D eigenvalue weighted by Gasteiger charge is -2.21. The molecule has 2 aliphatic rings. The molecule has 0 saturated carbocycles. The molecule has 1 aromatic rings. The molecule has 18 heavy (non-hydrogen) atoms. The Morgan fingerprint density at radius 1 is 1.39 bits per heavy atom. The second kappa shape index (κ2) is 5.29. The van der Waals surface area contributed by atoms with E-state index >= 15 is 0 Å². The molecular weight excluding hydrogens is 224 g/mol. The maximum Gasteiger partial charge on any atom is 0.119 e. The minimum absolute atomic E-state index is 0.600. The number of fused-ring (bicyclic) bond motifs is 1. The van der Waals surface area contributed by atoms with E-state index in [0.29, 0.717) is 6.04 Å². The van der Waals surface area contributed by atoms with Crippen LogP contribution in [0.1, 0.15) is 24.0 Å². The van der Waals surface area contributed by atoms with Crippen LogP contribution in [-0.4, -0.2) is 37.7 Å². The van der Waals surface area contributed by atoms with Gasteiger partial charge < -0.3 is 15.0 Å². The fourth-order valence-electron chi connectivity index (χ4n) is 2.93. The third kappa shape index (κ3) is 2.52. The van der Waals surface area contributed by atoms with Crippen molar-refractivity contribution in [3.05, 3.63) is 29.3 Å². The van der Waals surface area contributed by atoms with E-state index in [-0.39, 0.29) is 0 Å². The van der Waals surface area contributed by atoms with Gasteiger partial charge in [-0.1, -0.05) is 6.07 Å². The molecule has 0 spiro atoms. The smallest absolute Gasteiger partial charge is 0.119 e. The van der Waals surface area contributed by atoms with Gasteiger partial charge in [0.15, 0.2) is 0 Å². The van der Waals surface area contributed by atoms with Crippen LogP contribution in [0.2, 0.25) is 0 Å². The maximum absolute atomic E-state index is 5.96. The lowest BCUT2D eigenvalue weighted by atomic mass is 10.0. The van der Waals surface area contributed by atoms with Crippen molar-refractivity contribution in [2.75, 3.05) is 26.7 Å². The number of hydrogen-bond acceptors (Lipinski definition) is 3. The van der Waals surface area contributed by atoms with E-state index in [2.05, 4.69) is 35.5 Å². The second-order valence-corrected chi connectivity index (χ2v) is 5.44. The van der Waals surface area contributed by atoms with E-state index in [1.54, 1.807) is 0 Å². The van der Waals surface area contributed by atoms with E-state index in [0.717, 1.165) is 31.9 Å². The van der Waals surface area contributed by atoms with Crippen LogP contribution in [0.4, 0.5) is 0 Å². The van der Waals surface area contributed by atoms with Gasteiger partial charge in [0.1, 0.15) is 12.4 Å². The first-order chi connectivity index (χ1) is 8.83. The first-order valence-electron chi connectivity index (χ1n) is 6.98. The van der Waals surface area contributed by atoms with Crippen molar-refractivity contribution in [3.63, 3.8) is 0 Å². The molecule has 2 heterocycles. The second-order valence-electron chi connectivity index (χ2n) is 5.44. The first-order valence-corrected chi connectivity index (χ1v) is 6.98. The number of nitrogens with zero attached hydrogens (tertiary/aromatic N) is 1. The predicted octanol–water partition coefficient (Wildman–Crippen LogP) is 1.81. The predicted molar refractivity (Wildman–Crippen MR) is 73.0 cm³/mol. The van der Waals surface area contributed by atoms with Crippen LogP contribution in [0.5, 0.6) is 5.75 Å². The molecule has 1 fully saturated rings. The van der Waals surface area contributed by atoms with E-state index in [4.69, 9.17) is 4.74 Å². The first kappa shape index (κ1) is 12.0. The van der Waals surface area contributed by atoms with E-state index in [1.807, 2.05) is 0 Å². The van der Waals surface area contributed by atoms with Gasteiger partial charge in [0.2, 0.25) is 0 Å². The Balaban J connectivity index is 1.62. The maximum atomic E-state index is 5.96. The Morgan fingerprint density at radius 3 is 3.17 bits per heavy atom. The largest absolute Gasteiger partial charge is 0.492 e. The summed E-state index contributed by atoms with van der Waals surface area (Å²) in [5.41, 5.74) is 2.87. The summed E-state index contributed by atoms with van der Waals surface area (Å²) in [7, 11) is 2.19. The molecule has 3 rings (SSSR count). The minimum Gasteiger partial charge on any atom is -0.492 e. The van der Waals surface area contributed by atoms with Gasteiger partial charge in [-0.3, -0.25) is 0 Å². The van der Waals surface area contributed by atoms with Crippen LogP contribution in [-0.2, 0) is 13.0 Å². The number of likely N-dealkylation sites (N-methyl/N-ethyl adjacent to an activating group) is 1. The molecule has 0 amide bonds. The van der Waals surface area contributed by atoms with Gasteiger partial charge in [0.05, 0.1) is 0 Å². The van der Waals surface area contributed by atoms with Crippen LogP contribution >= 0.6 is 0 Å². The summed E-state index contributed by atoms with van der Waals surface area (Å²) >= 11 is 0. The van der Waals surface area contributed by atoms with Crippen LogP contribution in [0.15, 0.2) is 18.2 Å². The molecule has 0 radical (unpaired) electrons. The quantitative estimate of drug-likeness (QED) is 0.880. The normalized spacial score (nSPS) is 23.9. The Morgan fingerprint density at radius 2 is 2.33 bits per heavy atom. The van der Waals surface area contributed by atoms with Gasteiger partial charge in [-0.05, 0) is 62.7 Å². The number of nitrogens with one attached hydrogen (secondary N) is 1. The highest BCUT2D eigenvalue weighted by atomic mass is 16.5. The monoisotopic (exact) mass is 246 g/mol. The van der Waals surface area contributed by atoms with Crippen LogP contribution in [0, 0.1) is 0 Å². The number of likely N-dealkylation sites (tertiary alicyclic amines) is 1. The summed E-state index contributed by atoms with van der Waals surface area (Å²) in [6.07, 6.45) is 3.70. The number of rotatable bonds is 3. The van der Waals surface area contributed by atoms with E-state index in [1.165, 1.54) is 30.5 Å². The standard InChI is InChI=1S/C15H22N2O/c1-17-8-2-3-14(17)11-18-15-5-4-13-10-16-7-6-12(13)9-15/h4-5,9,14,16H,2-3,6-8,10-11H2,1H3/t14-/m0/s1. The third-order valence-corrected chi connectivity index (χ3v) is 4.18. The molecule has 3 nitrogen and oxygen atoms in total. The number of hydrogen-bond donors (Lipinski definition) is 1. The number of ether oxygens (including phenoxy) is 1. The Bertz CT molecular complexity index is 419. The highest BCUT2D eigenvalue weighted by Gasteiger charge is 2.21. The lowest BCUT2D eigenvalue weighted by Crippen LogP contribution is -2.30. The van der Waals surface area contributed by atoms with Crippen molar-refractivity contribution in [3.8, 4) is 5.75 Å². The van der Waals surface area contributed by atoms with Crippen molar-refractivity contribution in [2.24, 2.45) is 0 Å². The number of benzene rings is 1. The van der Waals surface area contributed by atoms with Crippen LogP contribution < -0.4 is 10.1 Å². The molecular formula is C15H22N2O. The summed E-state index contributed by atoms with van der Waals surface area (Å²) in [5.74, 6) is 1.04. The molecule has 1 aromatic carbocycles. The lowest BCUT2D eigenvalue weighted by molar-refractivity contribution is 0.198. The molecule has 0 aromatic heterocycles. The van der Waals surface area contributed by atoms with Crippen LogP contribution in [0.3, 0.4) is 0 Å². The molecule has 0 bridgehead atoms. The van der Waals surface area contributed by atoms with Crippen LogP contribution in [0.25, 0.3) is 0 Å². The van der Waals surface area contributed by atoms with Gasteiger partial charge in [0.25, 0.3) is 0 Å². The molecule has 1 saturated heterocycles. The van der Waals surface area contributed by atoms with Crippen molar-refractivity contribution in [1.82, 2.24) is 10.2 Å². The van der Waals surface area contributed by atoms with Crippen molar-refractivity contribution in [1.29, 1.82) is 0 Å². The molecule has 3 heteroatoms. The zero-order valence-electron chi connectivity index (χ0n) is 11.1. The average Bonchev–Trinajstić information content (AvgIpc) is 2.82. The molecule has 1 atom stereocenters. The molecule has 0 aliphatic carbocycles. The summed E-state index contributed by atoms with van der Waals surface area (Å²) in [5, 5.41) is 3.40.